The largest absolute Gasteiger partial charge is 0.390 e. The van der Waals surface area contributed by atoms with Gasteiger partial charge < -0.3 is 10.3 Å². The Morgan fingerprint density at radius 3 is 2.59 bits per heavy atom. The lowest BCUT2D eigenvalue weighted by molar-refractivity contribution is -0.132. The third-order valence-corrected chi connectivity index (χ3v) is 2.09. The maximum Gasteiger partial charge on any atom is 0.390 e. The summed E-state index contributed by atoms with van der Waals surface area (Å²) in [6, 6.07) is 1.49. The summed E-state index contributed by atoms with van der Waals surface area (Å²) < 4.78 is 36.2. The maximum absolute atomic E-state index is 12.1. The minimum absolute atomic E-state index is 0.163. The van der Waals surface area contributed by atoms with Crippen LogP contribution in [0, 0.1) is 6.92 Å². The molecular weight excluding hydrogens is 235 g/mol. The lowest BCUT2D eigenvalue weighted by Gasteiger charge is -2.19. The van der Waals surface area contributed by atoms with Crippen LogP contribution in [0.25, 0.3) is 0 Å². The Morgan fingerprint density at radius 2 is 2.06 bits per heavy atom. The first-order valence-corrected chi connectivity index (χ1v) is 4.92. The number of rotatable bonds is 4. The van der Waals surface area contributed by atoms with E-state index < -0.39 is 12.6 Å². The van der Waals surface area contributed by atoms with Crippen molar-refractivity contribution in [2.45, 2.75) is 19.5 Å². The summed E-state index contributed by atoms with van der Waals surface area (Å²) in [5.74, 6) is 6.40. The van der Waals surface area contributed by atoms with Gasteiger partial charge in [0.2, 0.25) is 0 Å². The second-order valence-electron chi connectivity index (χ2n) is 3.59. The number of hydrazine groups is 1. The fourth-order valence-corrected chi connectivity index (χ4v) is 1.23. The van der Waals surface area contributed by atoms with Crippen molar-refractivity contribution < 1.29 is 13.2 Å². The van der Waals surface area contributed by atoms with Crippen molar-refractivity contribution in [2.75, 3.05) is 23.9 Å². The third kappa shape index (κ3) is 4.43. The van der Waals surface area contributed by atoms with E-state index in [1.807, 2.05) is 0 Å². The number of hydrogen-bond donors (Lipinski definition) is 2. The number of nitrogens with one attached hydrogen (secondary N) is 1. The Bertz CT molecular complexity index is 379. The van der Waals surface area contributed by atoms with Crippen LogP contribution in [-0.2, 0) is 0 Å². The molecule has 0 saturated carbocycles. The number of nitrogens with two attached hydrogens (primary N) is 1. The van der Waals surface area contributed by atoms with Gasteiger partial charge in [0.05, 0.1) is 6.42 Å². The minimum atomic E-state index is -4.18. The molecule has 1 aromatic heterocycles. The van der Waals surface area contributed by atoms with Crippen molar-refractivity contribution in [3.05, 3.63) is 11.9 Å². The second kappa shape index (κ2) is 5.17. The highest BCUT2D eigenvalue weighted by Crippen LogP contribution is 2.21. The predicted molar refractivity (Wildman–Crippen MR) is 58.5 cm³/mol. The summed E-state index contributed by atoms with van der Waals surface area (Å²) >= 11 is 0. The van der Waals surface area contributed by atoms with Gasteiger partial charge in [-0.25, -0.2) is 15.8 Å². The van der Waals surface area contributed by atoms with Crippen LogP contribution in [0.5, 0.6) is 0 Å². The third-order valence-electron chi connectivity index (χ3n) is 2.09. The molecule has 0 amide bonds. The molecule has 0 saturated heterocycles. The zero-order chi connectivity index (χ0) is 13.1. The fraction of sp³-hybridized carbons (Fsp3) is 0.556. The molecular formula is C9H14F3N5. The number of aromatic nitrogens is 2. The van der Waals surface area contributed by atoms with E-state index in [9.17, 15) is 13.2 Å². The van der Waals surface area contributed by atoms with Gasteiger partial charge in [0.25, 0.3) is 0 Å². The van der Waals surface area contributed by atoms with E-state index in [4.69, 9.17) is 5.84 Å². The van der Waals surface area contributed by atoms with Gasteiger partial charge in [-0.05, 0) is 6.92 Å². The summed E-state index contributed by atoms with van der Waals surface area (Å²) in [5.41, 5.74) is 2.34. The highest BCUT2D eigenvalue weighted by atomic mass is 19.4. The lowest BCUT2D eigenvalue weighted by Crippen LogP contribution is -2.25. The van der Waals surface area contributed by atoms with E-state index in [-0.39, 0.29) is 6.54 Å². The van der Waals surface area contributed by atoms with Crippen LogP contribution < -0.4 is 16.2 Å². The van der Waals surface area contributed by atoms with Crippen LogP contribution in [0.4, 0.5) is 24.8 Å². The molecule has 8 heteroatoms. The van der Waals surface area contributed by atoms with E-state index in [2.05, 4.69) is 15.4 Å². The molecule has 3 N–H and O–H groups in total. The van der Waals surface area contributed by atoms with Gasteiger partial charge in [0, 0.05) is 19.7 Å². The van der Waals surface area contributed by atoms with Gasteiger partial charge in [-0.3, -0.25) is 0 Å². The monoisotopic (exact) mass is 249 g/mol. The topological polar surface area (TPSA) is 67.1 Å². The van der Waals surface area contributed by atoms with Crippen LogP contribution in [0.3, 0.4) is 0 Å². The summed E-state index contributed by atoms with van der Waals surface area (Å²) in [6.07, 6.45) is -5.07. The number of nitrogen functional groups attached to an aromatic ring is 1. The molecule has 0 aliphatic heterocycles. The summed E-state index contributed by atoms with van der Waals surface area (Å²) in [7, 11) is 1.54. The molecule has 1 rings (SSSR count). The van der Waals surface area contributed by atoms with Crippen LogP contribution in [0.1, 0.15) is 12.2 Å². The molecule has 1 heterocycles. The summed E-state index contributed by atoms with van der Waals surface area (Å²) in [4.78, 5) is 9.39. The molecule has 96 valence electrons. The molecule has 0 fully saturated rings. The molecule has 0 atom stereocenters. The highest BCUT2D eigenvalue weighted by Gasteiger charge is 2.27. The van der Waals surface area contributed by atoms with Gasteiger partial charge in [-0.2, -0.15) is 13.2 Å². The first-order chi connectivity index (χ1) is 7.81. The molecule has 1 aromatic rings. The molecule has 17 heavy (non-hydrogen) atoms. The first-order valence-electron chi connectivity index (χ1n) is 4.92. The summed E-state index contributed by atoms with van der Waals surface area (Å²) in [6.45, 7) is 1.48. The van der Waals surface area contributed by atoms with Crippen molar-refractivity contribution in [3.8, 4) is 0 Å². The average Bonchev–Trinajstić information content (AvgIpc) is 2.23. The van der Waals surface area contributed by atoms with Crippen molar-refractivity contribution in [3.63, 3.8) is 0 Å². The quantitative estimate of drug-likeness (QED) is 0.624. The molecule has 5 nitrogen and oxygen atoms in total. The van der Waals surface area contributed by atoms with Gasteiger partial charge in [-0.15, -0.1) is 0 Å². The number of anilines is 2. The molecule has 0 aromatic carbocycles. The number of nitrogens with zero attached hydrogens (tertiary/aromatic N) is 3. The zero-order valence-electron chi connectivity index (χ0n) is 9.54. The summed E-state index contributed by atoms with van der Waals surface area (Å²) in [5, 5.41) is 0. The van der Waals surface area contributed by atoms with Gasteiger partial charge in [-0.1, -0.05) is 0 Å². The van der Waals surface area contributed by atoms with Crippen molar-refractivity contribution in [1.82, 2.24) is 9.97 Å². The Hall–Kier alpha value is -1.57. The Kier molecular flexibility index (Phi) is 4.11. The van der Waals surface area contributed by atoms with E-state index in [1.165, 1.54) is 18.0 Å². The minimum Gasteiger partial charge on any atom is -0.359 e. The molecule has 0 aliphatic carbocycles. The van der Waals surface area contributed by atoms with E-state index in [1.54, 1.807) is 6.92 Å². The normalized spacial score (nSPS) is 11.4. The SMILES string of the molecule is Cc1nc(NN)cc(N(C)CCC(F)(F)F)n1. The first kappa shape index (κ1) is 13.5. The highest BCUT2D eigenvalue weighted by molar-refractivity contribution is 5.48. The van der Waals surface area contributed by atoms with Crippen molar-refractivity contribution >= 4 is 11.6 Å². The lowest BCUT2D eigenvalue weighted by atomic mass is 10.3. The van der Waals surface area contributed by atoms with E-state index >= 15 is 0 Å². The molecule has 0 bridgehead atoms. The van der Waals surface area contributed by atoms with E-state index in [0.29, 0.717) is 17.5 Å². The second-order valence-corrected chi connectivity index (χ2v) is 3.59. The number of aryl methyl sites for hydroxylation is 1. The van der Waals surface area contributed by atoms with Crippen LogP contribution in [0.15, 0.2) is 6.07 Å². The Balaban J connectivity index is 2.74. The van der Waals surface area contributed by atoms with Crippen LogP contribution >= 0.6 is 0 Å². The van der Waals surface area contributed by atoms with Gasteiger partial charge in [0.15, 0.2) is 0 Å². The number of halogens is 3. The fourth-order valence-electron chi connectivity index (χ4n) is 1.23. The predicted octanol–water partition coefficient (Wildman–Crippen LogP) is 1.46. The van der Waals surface area contributed by atoms with Crippen LogP contribution in [-0.4, -0.2) is 29.7 Å². The van der Waals surface area contributed by atoms with Crippen molar-refractivity contribution in [1.29, 1.82) is 0 Å². The Labute approximate surface area is 96.8 Å². The number of hydrogen-bond acceptors (Lipinski definition) is 5. The zero-order valence-corrected chi connectivity index (χ0v) is 9.54. The van der Waals surface area contributed by atoms with Gasteiger partial charge in [0.1, 0.15) is 17.5 Å². The average molecular weight is 249 g/mol. The molecule has 0 radical (unpaired) electrons. The maximum atomic E-state index is 12.1. The van der Waals surface area contributed by atoms with Crippen molar-refractivity contribution in [2.24, 2.45) is 5.84 Å². The molecule has 0 unspecified atom stereocenters. The molecule has 0 aliphatic rings. The van der Waals surface area contributed by atoms with Gasteiger partial charge >= 0.3 is 6.18 Å². The Morgan fingerprint density at radius 1 is 1.41 bits per heavy atom. The van der Waals surface area contributed by atoms with E-state index in [0.717, 1.165) is 0 Å². The smallest absolute Gasteiger partial charge is 0.359 e. The van der Waals surface area contributed by atoms with Crippen LogP contribution in [0.2, 0.25) is 0 Å². The number of alkyl halides is 3. The standard InChI is InChI=1S/C9H14F3N5/c1-6-14-7(16-13)5-8(15-6)17(2)4-3-9(10,11)12/h5H,3-4,13H2,1-2H3,(H,14,15,16). The molecule has 0 spiro atoms.